The zero-order chi connectivity index (χ0) is 17.8. The van der Waals surface area contributed by atoms with Gasteiger partial charge in [-0.1, -0.05) is 29.8 Å². The zero-order valence-corrected chi connectivity index (χ0v) is 15.1. The highest BCUT2D eigenvalue weighted by atomic mass is 35.5. The van der Waals surface area contributed by atoms with Crippen molar-refractivity contribution < 1.29 is 4.74 Å². The molecule has 0 aliphatic heterocycles. The van der Waals surface area contributed by atoms with Gasteiger partial charge in [-0.2, -0.15) is 0 Å². The molecule has 128 valence electrons. The summed E-state index contributed by atoms with van der Waals surface area (Å²) in [4.78, 5) is 8.88. The predicted octanol–water partition coefficient (Wildman–Crippen LogP) is 5.24. The summed E-state index contributed by atoms with van der Waals surface area (Å²) >= 11 is 6.16. The molecule has 1 heterocycles. The number of aryl methyl sites for hydroxylation is 2. The van der Waals surface area contributed by atoms with E-state index in [-0.39, 0.29) is 0 Å². The van der Waals surface area contributed by atoms with E-state index in [1.807, 2.05) is 56.3 Å². The monoisotopic (exact) mass is 354 g/mol. The average Bonchev–Trinajstić information content (AvgIpc) is 2.58. The Morgan fingerprint density at radius 3 is 2.28 bits per heavy atom. The van der Waals surface area contributed by atoms with Crippen molar-refractivity contribution in [2.24, 2.45) is 0 Å². The lowest BCUT2D eigenvalue weighted by Gasteiger charge is -2.14. The molecule has 25 heavy (non-hydrogen) atoms. The third-order valence-electron chi connectivity index (χ3n) is 3.63. The fraction of sp³-hybridized carbons (Fsp3) is 0.158. The van der Waals surface area contributed by atoms with E-state index in [4.69, 9.17) is 16.3 Å². The highest BCUT2D eigenvalue weighted by molar-refractivity contribution is 6.31. The number of methoxy groups -OCH3 is 1. The van der Waals surface area contributed by atoms with Gasteiger partial charge in [-0.3, -0.25) is 0 Å². The molecular formula is C19H19ClN4O. The molecule has 0 saturated heterocycles. The topological polar surface area (TPSA) is 59.1 Å². The van der Waals surface area contributed by atoms with Crippen molar-refractivity contribution in [1.29, 1.82) is 0 Å². The Morgan fingerprint density at radius 2 is 1.60 bits per heavy atom. The van der Waals surface area contributed by atoms with Crippen molar-refractivity contribution in [2.45, 2.75) is 13.8 Å². The molecule has 3 rings (SSSR count). The third-order valence-corrected chi connectivity index (χ3v) is 4.03. The molecule has 0 radical (unpaired) electrons. The standard InChI is InChI=1S/C19H19ClN4O/c1-12-9-16(17(25-3)10-15(12)20)24-19-11-18(21-13(2)22-19)23-14-7-5-4-6-8-14/h4-11H,1-3H3,(H2,21,22,23,24). The molecule has 0 unspecified atom stereocenters. The first-order valence-electron chi connectivity index (χ1n) is 7.84. The number of aromatic nitrogens is 2. The number of para-hydroxylation sites is 1. The fourth-order valence-corrected chi connectivity index (χ4v) is 2.59. The van der Waals surface area contributed by atoms with Crippen molar-refractivity contribution >= 4 is 34.6 Å². The SMILES string of the molecule is COc1cc(Cl)c(C)cc1Nc1cc(Nc2ccccc2)nc(C)n1. The quantitative estimate of drug-likeness (QED) is 0.656. The van der Waals surface area contributed by atoms with E-state index in [2.05, 4.69) is 20.6 Å². The molecule has 0 aliphatic rings. The first-order valence-corrected chi connectivity index (χ1v) is 8.22. The van der Waals surface area contributed by atoms with Crippen LogP contribution in [0.5, 0.6) is 5.75 Å². The Balaban J connectivity index is 1.90. The maximum absolute atomic E-state index is 6.16. The summed E-state index contributed by atoms with van der Waals surface area (Å²) in [7, 11) is 1.61. The van der Waals surface area contributed by atoms with Crippen molar-refractivity contribution in [3.05, 3.63) is 64.9 Å². The van der Waals surface area contributed by atoms with Crippen LogP contribution >= 0.6 is 11.6 Å². The number of nitrogens with zero attached hydrogens (tertiary/aromatic N) is 2. The summed E-state index contributed by atoms with van der Waals surface area (Å²) in [5, 5.41) is 7.22. The van der Waals surface area contributed by atoms with Gasteiger partial charge in [0.15, 0.2) is 0 Å². The number of hydrogen-bond acceptors (Lipinski definition) is 5. The van der Waals surface area contributed by atoms with Crippen molar-refractivity contribution in [2.75, 3.05) is 17.7 Å². The molecule has 0 fully saturated rings. The molecule has 0 saturated carbocycles. The van der Waals surface area contributed by atoms with E-state index in [1.165, 1.54) is 0 Å². The maximum Gasteiger partial charge on any atom is 0.143 e. The summed E-state index contributed by atoms with van der Waals surface area (Å²) < 4.78 is 5.40. The molecule has 5 nitrogen and oxygen atoms in total. The van der Waals surface area contributed by atoms with Crippen LogP contribution in [0.3, 0.4) is 0 Å². The summed E-state index contributed by atoms with van der Waals surface area (Å²) in [6.07, 6.45) is 0. The second-order valence-corrected chi connectivity index (χ2v) is 6.01. The number of ether oxygens (including phenoxy) is 1. The number of nitrogens with one attached hydrogen (secondary N) is 2. The Labute approximate surface area is 152 Å². The number of anilines is 4. The summed E-state index contributed by atoms with van der Waals surface area (Å²) in [6, 6.07) is 15.4. The highest BCUT2D eigenvalue weighted by Crippen LogP contribution is 2.33. The molecule has 0 spiro atoms. The predicted molar refractivity (Wildman–Crippen MR) is 103 cm³/mol. The third kappa shape index (κ3) is 4.19. The first kappa shape index (κ1) is 17.0. The molecule has 6 heteroatoms. The average molecular weight is 355 g/mol. The molecule has 0 aliphatic carbocycles. The Morgan fingerprint density at radius 1 is 0.920 bits per heavy atom. The van der Waals surface area contributed by atoms with Crippen LogP contribution in [0.4, 0.5) is 23.0 Å². The van der Waals surface area contributed by atoms with E-state index in [9.17, 15) is 0 Å². The molecule has 0 bridgehead atoms. The molecular weight excluding hydrogens is 336 g/mol. The lowest BCUT2D eigenvalue weighted by Crippen LogP contribution is -2.02. The minimum absolute atomic E-state index is 0.657. The van der Waals surface area contributed by atoms with E-state index >= 15 is 0 Å². The van der Waals surface area contributed by atoms with Gasteiger partial charge in [0.05, 0.1) is 12.8 Å². The number of rotatable bonds is 5. The Bertz CT molecular complexity index is 884. The fourth-order valence-electron chi connectivity index (χ4n) is 2.43. The van der Waals surface area contributed by atoms with Gasteiger partial charge in [-0.25, -0.2) is 9.97 Å². The summed E-state index contributed by atoms with van der Waals surface area (Å²) in [5.74, 6) is 2.70. The minimum atomic E-state index is 0.657. The molecule has 2 aromatic carbocycles. The van der Waals surface area contributed by atoms with E-state index in [0.29, 0.717) is 28.2 Å². The summed E-state index contributed by atoms with van der Waals surface area (Å²) in [5.41, 5.74) is 2.72. The van der Waals surface area contributed by atoms with Crippen molar-refractivity contribution in [3.63, 3.8) is 0 Å². The van der Waals surface area contributed by atoms with Gasteiger partial charge >= 0.3 is 0 Å². The molecule has 2 N–H and O–H groups in total. The van der Waals surface area contributed by atoms with E-state index in [0.717, 1.165) is 16.9 Å². The number of hydrogen-bond donors (Lipinski definition) is 2. The molecule has 0 atom stereocenters. The molecule has 0 amide bonds. The minimum Gasteiger partial charge on any atom is -0.495 e. The number of halogens is 1. The Hall–Kier alpha value is -2.79. The second-order valence-electron chi connectivity index (χ2n) is 5.60. The summed E-state index contributed by atoms with van der Waals surface area (Å²) in [6.45, 7) is 3.80. The zero-order valence-electron chi connectivity index (χ0n) is 14.3. The lowest BCUT2D eigenvalue weighted by atomic mass is 10.2. The van der Waals surface area contributed by atoms with Crippen LogP contribution in [-0.4, -0.2) is 17.1 Å². The van der Waals surface area contributed by atoms with Gasteiger partial charge in [0.25, 0.3) is 0 Å². The van der Waals surface area contributed by atoms with Gasteiger partial charge in [0.1, 0.15) is 23.2 Å². The van der Waals surface area contributed by atoms with Gasteiger partial charge < -0.3 is 15.4 Å². The van der Waals surface area contributed by atoms with Crippen LogP contribution in [0.25, 0.3) is 0 Å². The van der Waals surface area contributed by atoms with E-state index in [1.54, 1.807) is 13.2 Å². The van der Waals surface area contributed by atoms with Crippen LogP contribution in [0.15, 0.2) is 48.5 Å². The van der Waals surface area contributed by atoms with Gasteiger partial charge in [0, 0.05) is 22.8 Å². The van der Waals surface area contributed by atoms with Crippen LogP contribution < -0.4 is 15.4 Å². The van der Waals surface area contributed by atoms with Crippen LogP contribution in [-0.2, 0) is 0 Å². The maximum atomic E-state index is 6.16. The lowest BCUT2D eigenvalue weighted by molar-refractivity contribution is 0.416. The molecule has 1 aromatic heterocycles. The van der Waals surface area contributed by atoms with Crippen LogP contribution in [0, 0.1) is 13.8 Å². The van der Waals surface area contributed by atoms with E-state index < -0.39 is 0 Å². The second kappa shape index (κ2) is 7.40. The largest absolute Gasteiger partial charge is 0.495 e. The van der Waals surface area contributed by atoms with Crippen LogP contribution in [0.1, 0.15) is 11.4 Å². The van der Waals surface area contributed by atoms with Crippen molar-refractivity contribution in [3.8, 4) is 5.75 Å². The number of benzene rings is 2. The van der Waals surface area contributed by atoms with Crippen LogP contribution in [0.2, 0.25) is 5.02 Å². The smallest absolute Gasteiger partial charge is 0.143 e. The first-order chi connectivity index (χ1) is 12.0. The van der Waals surface area contributed by atoms with Crippen molar-refractivity contribution in [1.82, 2.24) is 9.97 Å². The van der Waals surface area contributed by atoms with Gasteiger partial charge in [-0.15, -0.1) is 0 Å². The Kier molecular flexibility index (Phi) is 5.05. The molecule has 3 aromatic rings. The van der Waals surface area contributed by atoms with Gasteiger partial charge in [0.2, 0.25) is 0 Å². The normalized spacial score (nSPS) is 10.4. The van der Waals surface area contributed by atoms with Gasteiger partial charge in [-0.05, 0) is 37.6 Å². The highest BCUT2D eigenvalue weighted by Gasteiger charge is 2.09.